The van der Waals surface area contributed by atoms with E-state index in [9.17, 15) is 4.79 Å². The van der Waals surface area contributed by atoms with Crippen molar-refractivity contribution in [1.82, 2.24) is 19.5 Å². The van der Waals surface area contributed by atoms with Gasteiger partial charge in [0.1, 0.15) is 12.1 Å². The SMILES string of the molecule is O=c1[nH]c2cc3c(NCc4ccccc4)ncnc3cc2n1C1CCCCC1. The van der Waals surface area contributed by atoms with E-state index in [1.165, 1.54) is 24.8 Å². The summed E-state index contributed by atoms with van der Waals surface area (Å²) in [6.45, 7) is 0.685. The average molecular weight is 373 g/mol. The van der Waals surface area contributed by atoms with Crippen molar-refractivity contribution in [3.63, 3.8) is 0 Å². The molecule has 0 amide bonds. The Morgan fingerprint density at radius 1 is 1.07 bits per heavy atom. The maximum absolute atomic E-state index is 12.7. The minimum Gasteiger partial charge on any atom is -0.365 e. The number of hydrogen-bond acceptors (Lipinski definition) is 4. The molecule has 0 saturated heterocycles. The summed E-state index contributed by atoms with van der Waals surface area (Å²) in [7, 11) is 0. The summed E-state index contributed by atoms with van der Waals surface area (Å²) in [4.78, 5) is 24.6. The Bertz CT molecular complexity index is 1170. The molecule has 0 unspecified atom stereocenters. The Morgan fingerprint density at radius 2 is 1.89 bits per heavy atom. The normalized spacial score (nSPS) is 15.3. The van der Waals surface area contributed by atoms with Crippen LogP contribution in [0.25, 0.3) is 21.9 Å². The van der Waals surface area contributed by atoms with Crippen LogP contribution in [0.15, 0.2) is 53.6 Å². The topological polar surface area (TPSA) is 75.6 Å². The Morgan fingerprint density at radius 3 is 2.71 bits per heavy atom. The van der Waals surface area contributed by atoms with Gasteiger partial charge in [0, 0.05) is 18.0 Å². The van der Waals surface area contributed by atoms with E-state index in [4.69, 9.17) is 0 Å². The number of fused-ring (bicyclic) bond motifs is 2. The summed E-state index contributed by atoms with van der Waals surface area (Å²) in [5, 5.41) is 4.32. The van der Waals surface area contributed by atoms with E-state index in [1.54, 1.807) is 6.33 Å². The molecule has 6 nitrogen and oxygen atoms in total. The molecule has 5 rings (SSSR count). The molecule has 0 atom stereocenters. The highest BCUT2D eigenvalue weighted by atomic mass is 16.1. The Balaban J connectivity index is 1.55. The number of nitrogens with zero attached hydrogens (tertiary/aromatic N) is 3. The first-order chi connectivity index (χ1) is 13.8. The number of imidazole rings is 1. The molecule has 0 radical (unpaired) electrons. The molecule has 2 heterocycles. The molecule has 1 saturated carbocycles. The summed E-state index contributed by atoms with van der Waals surface area (Å²) in [5.41, 5.74) is 3.80. The van der Waals surface area contributed by atoms with Gasteiger partial charge in [-0.15, -0.1) is 0 Å². The van der Waals surface area contributed by atoms with Gasteiger partial charge in [0.05, 0.1) is 16.6 Å². The molecule has 4 aromatic rings. The highest BCUT2D eigenvalue weighted by Crippen LogP contribution is 2.31. The van der Waals surface area contributed by atoms with Crippen LogP contribution in [0.5, 0.6) is 0 Å². The van der Waals surface area contributed by atoms with Crippen LogP contribution in [-0.2, 0) is 6.54 Å². The average Bonchev–Trinajstić information content (AvgIpc) is 3.06. The monoisotopic (exact) mass is 373 g/mol. The van der Waals surface area contributed by atoms with Gasteiger partial charge in [0.15, 0.2) is 0 Å². The Labute approximate surface area is 162 Å². The third kappa shape index (κ3) is 3.05. The van der Waals surface area contributed by atoms with Crippen LogP contribution in [0.2, 0.25) is 0 Å². The number of H-pyrrole nitrogens is 1. The molecule has 1 fully saturated rings. The lowest BCUT2D eigenvalue weighted by Gasteiger charge is -2.22. The van der Waals surface area contributed by atoms with E-state index < -0.39 is 0 Å². The van der Waals surface area contributed by atoms with Crippen molar-refractivity contribution < 1.29 is 0 Å². The Hall–Kier alpha value is -3.15. The lowest BCUT2D eigenvalue weighted by atomic mass is 9.95. The van der Waals surface area contributed by atoms with Crippen molar-refractivity contribution in [2.75, 3.05) is 5.32 Å². The summed E-state index contributed by atoms with van der Waals surface area (Å²) in [6, 6.07) is 14.5. The third-order valence-corrected chi connectivity index (χ3v) is 5.72. The summed E-state index contributed by atoms with van der Waals surface area (Å²) in [5.74, 6) is 0.780. The third-order valence-electron chi connectivity index (χ3n) is 5.72. The number of rotatable bonds is 4. The van der Waals surface area contributed by atoms with Crippen LogP contribution in [0.1, 0.15) is 43.7 Å². The lowest BCUT2D eigenvalue weighted by molar-refractivity contribution is 0.354. The lowest BCUT2D eigenvalue weighted by Crippen LogP contribution is -2.23. The number of aromatic nitrogens is 4. The van der Waals surface area contributed by atoms with Gasteiger partial charge in [-0.3, -0.25) is 4.57 Å². The molecule has 1 aliphatic carbocycles. The second-order valence-corrected chi connectivity index (χ2v) is 7.54. The molecular weight excluding hydrogens is 350 g/mol. The molecule has 2 N–H and O–H groups in total. The van der Waals surface area contributed by atoms with E-state index in [0.29, 0.717) is 6.54 Å². The van der Waals surface area contributed by atoms with Crippen LogP contribution < -0.4 is 11.0 Å². The van der Waals surface area contributed by atoms with Gasteiger partial charge in [0.2, 0.25) is 0 Å². The van der Waals surface area contributed by atoms with Crippen LogP contribution in [0.3, 0.4) is 0 Å². The molecule has 6 heteroatoms. The van der Waals surface area contributed by atoms with Gasteiger partial charge in [-0.05, 0) is 30.5 Å². The molecule has 0 spiro atoms. The van der Waals surface area contributed by atoms with Gasteiger partial charge in [-0.1, -0.05) is 49.6 Å². The van der Waals surface area contributed by atoms with E-state index in [1.807, 2.05) is 34.9 Å². The predicted molar refractivity (Wildman–Crippen MR) is 112 cm³/mol. The number of benzene rings is 2. The molecule has 142 valence electrons. The van der Waals surface area contributed by atoms with Gasteiger partial charge >= 0.3 is 5.69 Å². The number of hydrogen-bond donors (Lipinski definition) is 2. The zero-order chi connectivity index (χ0) is 18.9. The summed E-state index contributed by atoms with van der Waals surface area (Å²) < 4.78 is 1.94. The fourth-order valence-corrected chi connectivity index (χ4v) is 4.30. The van der Waals surface area contributed by atoms with Gasteiger partial charge in [-0.25, -0.2) is 14.8 Å². The van der Waals surface area contributed by atoms with Crippen LogP contribution in [0.4, 0.5) is 5.82 Å². The minimum atomic E-state index is -0.0241. The maximum Gasteiger partial charge on any atom is 0.326 e. The van der Waals surface area contributed by atoms with Crippen LogP contribution in [-0.4, -0.2) is 19.5 Å². The molecule has 0 aliphatic heterocycles. The zero-order valence-corrected chi connectivity index (χ0v) is 15.7. The van der Waals surface area contributed by atoms with Gasteiger partial charge in [-0.2, -0.15) is 0 Å². The number of nitrogens with one attached hydrogen (secondary N) is 2. The molecule has 2 aromatic carbocycles. The van der Waals surface area contributed by atoms with E-state index in [2.05, 4.69) is 32.4 Å². The fraction of sp³-hybridized carbons (Fsp3) is 0.318. The maximum atomic E-state index is 12.7. The van der Waals surface area contributed by atoms with Crippen molar-refractivity contribution >= 4 is 27.8 Å². The first-order valence-corrected chi connectivity index (χ1v) is 9.96. The van der Waals surface area contributed by atoms with Crippen molar-refractivity contribution in [3.05, 3.63) is 64.8 Å². The fourth-order valence-electron chi connectivity index (χ4n) is 4.30. The predicted octanol–water partition coefficient (Wildman–Crippen LogP) is 4.39. The zero-order valence-electron chi connectivity index (χ0n) is 15.7. The summed E-state index contributed by atoms with van der Waals surface area (Å²) in [6.07, 6.45) is 7.36. The van der Waals surface area contributed by atoms with Gasteiger partial charge < -0.3 is 10.3 Å². The second kappa shape index (κ2) is 7.11. The minimum absolute atomic E-state index is 0.0241. The largest absolute Gasteiger partial charge is 0.365 e. The van der Waals surface area contributed by atoms with Crippen molar-refractivity contribution in [2.45, 2.75) is 44.7 Å². The van der Waals surface area contributed by atoms with E-state index in [-0.39, 0.29) is 11.7 Å². The van der Waals surface area contributed by atoms with E-state index in [0.717, 1.165) is 40.6 Å². The highest BCUT2D eigenvalue weighted by molar-refractivity contribution is 5.98. The van der Waals surface area contributed by atoms with Gasteiger partial charge in [0.25, 0.3) is 0 Å². The van der Waals surface area contributed by atoms with E-state index >= 15 is 0 Å². The molecule has 1 aliphatic rings. The molecule has 2 aromatic heterocycles. The standard InChI is InChI=1S/C22H23N5O/c28-22-26-19-11-17-18(12-20(19)27(22)16-9-5-2-6-10-16)24-14-25-21(17)23-13-15-7-3-1-4-8-15/h1,3-4,7-8,11-12,14,16H,2,5-6,9-10,13H2,(H,26,28)(H,23,24,25). The molecular formula is C22H23N5O. The Kier molecular flexibility index (Phi) is 4.31. The highest BCUT2D eigenvalue weighted by Gasteiger charge is 2.20. The van der Waals surface area contributed by atoms with Crippen molar-refractivity contribution in [1.29, 1.82) is 0 Å². The van der Waals surface area contributed by atoms with Crippen molar-refractivity contribution in [3.8, 4) is 0 Å². The number of anilines is 1. The number of aromatic amines is 1. The quantitative estimate of drug-likeness (QED) is 0.556. The van der Waals surface area contributed by atoms with Crippen molar-refractivity contribution in [2.24, 2.45) is 0 Å². The molecule has 28 heavy (non-hydrogen) atoms. The second-order valence-electron chi connectivity index (χ2n) is 7.54. The first kappa shape index (κ1) is 17.0. The first-order valence-electron chi connectivity index (χ1n) is 9.96. The summed E-state index contributed by atoms with van der Waals surface area (Å²) >= 11 is 0. The van der Waals surface area contributed by atoms with Crippen LogP contribution in [0, 0.1) is 0 Å². The smallest absolute Gasteiger partial charge is 0.326 e. The van der Waals surface area contributed by atoms with Crippen LogP contribution >= 0.6 is 0 Å². The molecule has 0 bridgehead atoms.